The molecule has 1 aromatic carbocycles. The molecule has 0 radical (unpaired) electrons. The third-order valence-electron chi connectivity index (χ3n) is 6.86. The molecule has 0 saturated carbocycles. The molecule has 0 unspecified atom stereocenters. The highest BCUT2D eigenvalue weighted by molar-refractivity contribution is 5.86. The molecule has 0 aromatic heterocycles. The molecule has 4 heteroatoms. The predicted molar refractivity (Wildman–Crippen MR) is 135 cm³/mol. The zero-order chi connectivity index (χ0) is 22.7. The molecule has 2 aliphatic carbocycles. The van der Waals surface area contributed by atoms with Crippen molar-refractivity contribution in [3.05, 3.63) is 71.0 Å². The number of rotatable bonds is 6. The molecule has 0 fully saturated rings. The molecule has 2 bridgehead atoms. The second-order valence-corrected chi connectivity index (χ2v) is 8.92. The number of carbonyl (C=O) groups excluding carboxylic acids is 1. The topological polar surface area (TPSA) is 35.7 Å². The number of allylic oxidation sites excluding steroid dienone is 3. The summed E-state index contributed by atoms with van der Waals surface area (Å²) in [6.45, 7) is 10.5. The number of anilines is 1. The lowest BCUT2D eigenvalue weighted by atomic mass is 9.66. The highest BCUT2D eigenvalue weighted by atomic mass is 16.2. The van der Waals surface area contributed by atoms with Gasteiger partial charge in [0.1, 0.15) is 0 Å². The predicted octanol–water partition coefficient (Wildman–Crippen LogP) is 5.57. The van der Waals surface area contributed by atoms with Crippen LogP contribution < -0.4 is 4.90 Å². The van der Waals surface area contributed by atoms with Gasteiger partial charge < -0.3 is 4.90 Å². The molecule has 0 spiro atoms. The minimum Gasteiger partial charge on any atom is -0.372 e. The van der Waals surface area contributed by atoms with Crippen LogP contribution in [0.2, 0.25) is 0 Å². The summed E-state index contributed by atoms with van der Waals surface area (Å²) in [5.74, 6) is 0.465. The molecule has 166 valence electrons. The van der Waals surface area contributed by atoms with Crippen molar-refractivity contribution in [3.8, 4) is 0 Å². The normalized spacial score (nSPS) is 26.2. The Morgan fingerprint density at radius 3 is 2.75 bits per heavy atom. The van der Waals surface area contributed by atoms with Gasteiger partial charge in [-0.25, -0.2) is 4.79 Å². The number of aliphatic imine (C=N–C) groups is 1. The number of para-hydroxylation sites is 1. The summed E-state index contributed by atoms with van der Waals surface area (Å²) in [5, 5.41) is 0. The van der Waals surface area contributed by atoms with Crippen molar-refractivity contribution in [1.29, 1.82) is 0 Å². The van der Waals surface area contributed by atoms with Crippen LogP contribution in [0.25, 0.3) is 6.08 Å². The quantitative estimate of drug-likeness (QED) is 0.337. The lowest BCUT2D eigenvalue weighted by Crippen LogP contribution is -2.42. The summed E-state index contributed by atoms with van der Waals surface area (Å²) < 4.78 is 1.82. The van der Waals surface area contributed by atoms with Gasteiger partial charge in [-0.05, 0) is 63.3 Å². The van der Waals surface area contributed by atoms with E-state index in [2.05, 4.69) is 68.2 Å². The maximum absolute atomic E-state index is 12.4. The van der Waals surface area contributed by atoms with Crippen molar-refractivity contribution in [2.24, 2.45) is 10.9 Å². The molecule has 1 aromatic rings. The first kappa shape index (κ1) is 22.2. The number of nitrogens with zero attached hydrogens (tertiary/aromatic N) is 3. The second-order valence-electron chi connectivity index (χ2n) is 8.92. The highest BCUT2D eigenvalue weighted by Gasteiger charge is 2.48. The Balaban J connectivity index is 1.67. The van der Waals surface area contributed by atoms with E-state index in [1.165, 1.54) is 22.4 Å². The van der Waals surface area contributed by atoms with Gasteiger partial charge in [0.05, 0.1) is 11.6 Å². The van der Waals surface area contributed by atoms with Gasteiger partial charge in [-0.1, -0.05) is 35.9 Å². The van der Waals surface area contributed by atoms with Crippen molar-refractivity contribution in [2.45, 2.75) is 52.5 Å². The molecule has 1 heterocycles. The van der Waals surface area contributed by atoms with Crippen molar-refractivity contribution in [2.75, 3.05) is 18.0 Å². The zero-order valence-electron chi connectivity index (χ0n) is 19.7. The summed E-state index contributed by atoms with van der Waals surface area (Å²) in [4.78, 5) is 20.0. The molecule has 3 aliphatic rings. The number of hydrogen-bond donors (Lipinski definition) is 0. The van der Waals surface area contributed by atoms with E-state index >= 15 is 0 Å². The Bertz CT molecular complexity index is 1080. The van der Waals surface area contributed by atoms with Crippen LogP contribution in [-0.4, -0.2) is 41.5 Å². The van der Waals surface area contributed by atoms with Crippen LogP contribution in [0.1, 0.15) is 52.5 Å². The maximum Gasteiger partial charge on any atom is 0.417 e. The van der Waals surface area contributed by atoms with Gasteiger partial charge in [-0.2, -0.15) is 0 Å². The van der Waals surface area contributed by atoms with E-state index < -0.39 is 0 Å². The zero-order valence-corrected chi connectivity index (χ0v) is 19.7. The molecule has 1 aliphatic heterocycles. The van der Waals surface area contributed by atoms with Crippen LogP contribution in [0.5, 0.6) is 0 Å². The van der Waals surface area contributed by atoms with E-state index in [4.69, 9.17) is 4.99 Å². The standard InChI is InChI=1S/C28H34N3O/c1-5-30(6-2)25-13-9-8-11-23(25)12-10-16-29-28-19-21(4)17-22(20-28)18-26-24(28)14-15-27(32)31(26)7-3/h7-17,22H,5-6,18-20H2,1-4H3/q+1/t22-,28+/m1/s1. The summed E-state index contributed by atoms with van der Waals surface area (Å²) in [7, 11) is 0. The van der Waals surface area contributed by atoms with Gasteiger partial charge in [-0.3, -0.25) is 4.99 Å². The Labute approximate surface area is 192 Å². The van der Waals surface area contributed by atoms with Gasteiger partial charge in [-0.15, -0.1) is 4.58 Å². The lowest BCUT2D eigenvalue weighted by molar-refractivity contribution is -0.397. The molecular weight excluding hydrogens is 394 g/mol. The van der Waals surface area contributed by atoms with E-state index in [9.17, 15) is 4.79 Å². The summed E-state index contributed by atoms with van der Waals surface area (Å²) in [5.41, 5.74) is 5.87. The molecule has 4 rings (SSSR count). The third kappa shape index (κ3) is 4.06. The van der Waals surface area contributed by atoms with Crippen LogP contribution >= 0.6 is 0 Å². The van der Waals surface area contributed by atoms with Gasteiger partial charge in [0.2, 0.25) is 0 Å². The first-order valence-electron chi connectivity index (χ1n) is 11.8. The van der Waals surface area contributed by atoms with Crippen molar-refractivity contribution in [3.63, 3.8) is 0 Å². The average Bonchev–Trinajstić information content (AvgIpc) is 2.78. The monoisotopic (exact) mass is 428 g/mol. The SMILES string of the molecule is CC=[N+]1C(=O)C=CC2=C1C[C@H]1C=C(C)C[C@]2(N=CC=Cc2ccccc2N(CC)CC)C1. The Hall–Kier alpha value is -3.01. The van der Waals surface area contributed by atoms with Crippen molar-refractivity contribution in [1.82, 2.24) is 0 Å². The van der Waals surface area contributed by atoms with Crippen molar-refractivity contribution >= 4 is 30.1 Å². The smallest absolute Gasteiger partial charge is 0.372 e. The highest BCUT2D eigenvalue weighted by Crippen LogP contribution is 2.49. The number of fused-ring (bicyclic) bond motifs is 3. The van der Waals surface area contributed by atoms with Crippen LogP contribution in [-0.2, 0) is 4.79 Å². The largest absolute Gasteiger partial charge is 0.417 e. The Kier molecular flexibility index (Phi) is 6.40. The van der Waals surface area contributed by atoms with Crippen molar-refractivity contribution < 1.29 is 9.37 Å². The average molecular weight is 429 g/mol. The van der Waals surface area contributed by atoms with Gasteiger partial charge >= 0.3 is 5.91 Å². The molecule has 0 N–H and O–H groups in total. The summed E-state index contributed by atoms with van der Waals surface area (Å²) in [6, 6.07) is 8.52. The lowest BCUT2D eigenvalue weighted by Gasteiger charge is -2.42. The second kappa shape index (κ2) is 9.23. The molecule has 1 amide bonds. The third-order valence-corrected chi connectivity index (χ3v) is 6.86. The number of amides is 1. The van der Waals surface area contributed by atoms with Gasteiger partial charge in [0, 0.05) is 43.9 Å². The van der Waals surface area contributed by atoms with Gasteiger partial charge in [0.15, 0.2) is 11.9 Å². The van der Waals surface area contributed by atoms with E-state index in [1.54, 1.807) is 6.08 Å². The van der Waals surface area contributed by atoms with Crippen LogP contribution in [0.15, 0.2) is 70.4 Å². The van der Waals surface area contributed by atoms with E-state index in [1.807, 2.05) is 30.0 Å². The molecule has 2 atom stereocenters. The van der Waals surface area contributed by atoms with Crippen LogP contribution in [0.3, 0.4) is 0 Å². The van der Waals surface area contributed by atoms with E-state index in [0.29, 0.717) is 5.92 Å². The van der Waals surface area contributed by atoms with Gasteiger partial charge in [0.25, 0.3) is 0 Å². The molecule has 0 saturated heterocycles. The fraction of sp³-hybridized carbons (Fsp3) is 0.393. The molecule has 4 nitrogen and oxygen atoms in total. The fourth-order valence-corrected chi connectivity index (χ4v) is 5.56. The molecular formula is C28H34N3O+. The maximum atomic E-state index is 12.4. The first-order chi connectivity index (χ1) is 15.5. The Morgan fingerprint density at radius 1 is 1.22 bits per heavy atom. The first-order valence-corrected chi connectivity index (χ1v) is 11.8. The summed E-state index contributed by atoms with van der Waals surface area (Å²) >= 11 is 0. The number of carbonyl (C=O) groups is 1. The Morgan fingerprint density at radius 2 is 2.00 bits per heavy atom. The van der Waals surface area contributed by atoms with Crippen LogP contribution in [0, 0.1) is 5.92 Å². The minimum absolute atomic E-state index is 0.0407. The fourth-order valence-electron chi connectivity index (χ4n) is 5.56. The summed E-state index contributed by atoms with van der Waals surface area (Å²) in [6.07, 6.45) is 17.0. The minimum atomic E-state index is -0.293. The van der Waals surface area contributed by atoms with E-state index in [-0.39, 0.29) is 11.4 Å². The molecule has 32 heavy (non-hydrogen) atoms. The van der Waals surface area contributed by atoms with E-state index in [0.717, 1.165) is 38.0 Å². The number of hydrogen-bond acceptors (Lipinski definition) is 3. The van der Waals surface area contributed by atoms with Crippen LogP contribution in [0.4, 0.5) is 5.69 Å². The number of benzene rings is 1.